The molecule has 0 amide bonds. The highest BCUT2D eigenvalue weighted by atomic mass is 16.5. The standard InChI is InChI=1S/C11H10N2O/c1-8-3-4-11(14-2)9(5-6-12)10(8)7-13/h3-4H,5H2,1-2H3. The van der Waals surface area contributed by atoms with Crippen LogP contribution < -0.4 is 4.74 Å². The van der Waals surface area contributed by atoms with E-state index in [9.17, 15) is 0 Å². The number of hydrogen-bond donors (Lipinski definition) is 0. The number of methoxy groups -OCH3 is 1. The third kappa shape index (κ3) is 1.67. The quantitative estimate of drug-likeness (QED) is 0.709. The van der Waals surface area contributed by atoms with Gasteiger partial charge in [-0.05, 0) is 18.6 Å². The van der Waals surface area contributed by atoms with E-state index >= 15 is 0 Å². The molecule has 1 aromatic rings. The third-order valence-corrected chi connectivity index (χ3v) is 2.07. The second kappa shape index (κ2) is 4.30. The van der Waals surface area contributed by atoms with Crippen molar-refractivity contribution >= 4 is 0 Å². The highest BCUT2D eigenvalue weighted by Crippen LogP contribution is 2.24. The van der Waals surface area contributed by atoms with Crippen molar-refractivity contribution in [1.29, 1.82) is 10.5 Å². The smallest absolute Gasteiger partial charge is 0.124 e. The Morgan fingerprint density at radius 2 is 2.07 bits per heavy atom. The van der Waals surface area contributed by atoms with Gasteiger partial charge in [-0.1, -0.05) is 6.07 Å². The Kier molecular flexibility index (Phi) is 3.09. The summed E-state index contributed by atoms with van der Waals surface area (Å²) in [7, 11) is 1.53. The molecule has 3 nitrogen and oxygen atoms in total. The van der Waals surface area contributed by atoms with Gasteiger partial charge in [0, 0.05) is 5.56 Å². The number of nitrogens with zero attached hydrogens (tertiary/aromatic N) is 2. The minimum Gasteiger partial charge on any atom is -0.496 e. The summed E-state index contributed by atoms with van der Waals surface area (Å²) < 4.78 is 5.09. The summed E-state index contributed by atoms with van der Waals surface area (Å²) in [5, 5.41) is 17.6. The van der Waals surface area contributed by atoms with Crippen molar-refractivity contribution in [2.45, 2.75) is 13.3 Å². The first kappa shape index (κ1) is 10.1. The van der Waals surface area contributed by atoms with Crippen LogP contribution in [0, 0.1) is 29.6 Å². The highest BCUT2D eigenvalue weighted by Gasteiger charge is 2.10. The van der Waals surface area contributed by atoms with Crippen LogP contribution in [-0.2, 0) is 6.42 Å². The van der Waals surface area contributed by atoms with Crippen molar-refractivity contribution in [3.63, 3.8) is 0 Å². The lowest BCUT2D eigenvalue weighted by molar-refractivity contribution is 0.410. The molecule has 0 aliphatic carbocycles. The number of ether oxygens (including phenoxy) is 1. The number of aryl methyl sites for hydroxylation is 1. The maximum atomic E-state index is 8.93. The Hall–Kier alpha value is -2.00. The molecule has 1 rings (SSSR count). The zero-order valence-electron chi connectivity index (χ0n) is 8.16. The minimum atomic E-state index is 0.202. The maximum absolute atomic E-state index is 8.93. The van der Waals surface area contributed by atoms with Crippen LogP contribution in [0.2, 0.25) is 0 Å². The molecule has 0 saturated heterocycles. The Labute approximate surface area is 83.2 Å². The fraction of sp³-hybridized carbons (Fsp3) is 0.273. The van der Waals surface area contributed by atoms with Crippen LogP contribution in [0.5, 0.6) is 5.75 Å². The number of rotatable bonds is 2. The molecular weight excluding hydrogens is 176 g/mol. The minimum absolute atomic E-state index is 0.202. The zero-order valence-corrected chi connectivity index (χ0v) is 8.16. The summed E-state index contributed by atoms with van der Waals surface area (Å²) in [5.41, 5.74) is 2.10. The van der Waals surface area contributed by atoms with Crippen LogP contribution in [-0.4, -0.2) is 7.11 Å². The summed E-state index contributed by atoms with van der Waals surface area (Å²) >= 11 is 0. The molecule has 1 aromatic carbocycles. The molecule has 0 saturated carbocycles. The van der Waals surface area contributed by atoms with Gasteiger partial charge in [-0.3, -0.25) is 0 Å². The van der Waals surface area contributed by atoms with E-state index in [0.29, 0.717) is 16.9 Å². The summed E-state index contributed by atoms with van der Waals surface area (Å²) in [6.45, 7) is 1.85. The van der Waals surface area contributed by atoms with E-state index in [-0.39, 0.29) is 6.42 Å². The molecule has 0 fully saturated rings. The summed E-state index contributed by atoms with van der Waals surface area (Å²) in [5.74, 6) is 0.605. The largest absolute Gasteiger partial charge is 0.496 e. The molecule has 0 N–H and O–H groups in total. The van der Waals surface area contributed by atoms with Gasteiger partial charge >= 0.3 is 0 Å². The number of hydrogen-bond acceptors (Lipinski definition) is 3. The Balaban J connectivity index is 3.39. The second-order valence-corrected chi connectivity index (χ2v) is 2.88. The molecule has 0 radical (unpaired) electrons. The van der Waals surface area contributed by atoms with Gasteiger partial charge in [0.25, 0.3) is 0 Å². The molecular formula is C11H10N2O. The fourth-order valence-electron chi connectivity index (χ4n) is 1.35. The molecule has 0 atom stereocenters. The molecule has 0 unspecified atom stereocenters. The first-order chi connectivity index (χ1) is 6.74. The lowest BCUT2D eigenvalue weighted by Gasteiger charge is -2.08. The molecule has 14 heavy (non-hydrogen) atoms. The average Bonchev–Trinajstić information content (AvgIpc) is 2.19. The lowest BCUT2D eigenvalue weighted by Crippen LogP contribution is -1.97. The van der Waals surface area contributed by atoms with Crippen LogP contribution >= 0.6 is 0 Å². The fourth-order valence-corrected chi connectivity index (χ4v) is 1.35. The van der Waals surface area contributed by atoms with Crippen molar-refractivity contribution in [2.24, 2.45) is 0 Å². The van der Waals surface area contributed by atoms with Gasteiger partial charge in [0.1, 0.15) is 5.75 Å². The van der Waals surface area contributed by atoms with Crippen molar-refractivity contribution in [3.05, 3.63) is 28.8 Å². The Morgan fingerprint density at radius 1 is 1.36 bits per heavy atom. The van der Waals surface area contributed by atoms with Crippen LogP contribution in [0.4, 0.5) is 0 Å². The molecule has 3 heteroatoms. The predicted octanol–water partition coefficient (Wildman–Crippen LogP) is 1.94. The topological polar surface area (TPSA) is 56.8 Å². The van der Waals surface area contributed by atoms with E-state index in [4.69, 9.17) is 15.3 Å². The number of nitriles is 2. The van der Waals surface area contributed by atoms with E-state index in [1.165, 1.54) is 7.11 Å². The van der Waals surface area contributed by atoms with Gasteiger partial charge in [-0.25, -0.2) is 0 Å². The molecule has 0 bridgehead atoms. The molecule has 0 aliphatic rings. The SMILES string of the molecule is COc1ccc(C)c(C#N)c1CC#N. The van der Waals surface area contributed by atoms with E-state index in [2.05, 4.69) is 6.07 Å². The van der Waals surface area contributed by atoms with Crippen molar-refractivity contribution in [1.82, 2.24) is 0 Å². The van der Waals surface area contributed by atoms with Crippen molar-refractivity contribution in [3.8, 4) is 17.9 Å². The molecule has 0 heterocycles. The Morgan fingerprint density at radius 3 is 2.57 bits per heavy atom. The monoisotopic (exact) mass is 186 g/mol. The molecule has 70 valence electrons. The van der Waals surface area contributed by atoms with Gasteiger partial charge in [0.15, 0.2) is 0 Å². The predicted molar refractivity (Wildman–Crippen MR) is 51.8 cm³/mol. The highest BCUT2D eigenvalue weighted by molar-refractivity contribution is 5.52. The van der Waals surface area contributed by atoms with Crippen LogP contribution in [0.1, 0.15) is 16.7 Å². The summed E-state index contributed by atoms with van der Waals surface area (Å²) in [4.78, 5) is 0. The first-order valence-electron chi connectivity index (χ1n) is 4.18. The maximum Gasteiger partial charge on any atom is 0.124 e. The first-order valence-corrected chi connectivity index (χ1v) is 4.18. The van der Waals surface area contributed by atoms with Crippen LogP contribution in [0.15, 0.2) is 12.1 Å². The lowest BCUT2D eigenvalue weighted by atomic mass is 10.00. The van der Waals surface area contributed by atoms with Crippen LogP contribution in [0.3, 0.4) is 0 Å². The third-order valence-electron chi connectivity index (χ3n) is 2.07. The van der Waals surface area contributed by atoms with Gasteiger partial charge in [0.2, 0.25) is 0 Å². The van der Waals surface area contributed by atoms with E-state index in [1.54, 1.807) is 6.07 Å². The van der Waals surface area contributed by atoms with E-state index in [1.807, 2.05) is 19.1 Å². The number of benzene rings is 1. The summed E-state index contributed by atoms with van der Waals surface area (Å²) in [6, 6.07) is 7.72. The van der Waals surface area contributed by atoms with E-state index < -0.39 is 0 Å². The molecule has 0 aromatic heterocycles. The van der Waals surface area contributed by atoms with Crippen molar-refractivity contribution < 1.29 is 4.74 Å². The van der Waals surface area contributed by atoms with E-state index in [0.717, 1.165) is 5.56 Å². The zero-order chi connectivity index (χ0) is 10.6. The second-order valence-electron chi connectivity index (χ2n) is 2.88. The summed E-state index contributed by atoms with van der Waals surface area (Å²) in [6.07, 6.45) is 0.202. The Bertz CT molecular complexity index is 424. The average molecular weight is 186 g/mol. The molecule has 0 spiro atoms. The van der Waals surface area contributed by atoms with Crippen molar-refractivity contribution in [2.75, 3.05) is 7.11 Å². The van der Waals surface area contributed by atoms with Crippen LogP contribution in [0.25, 0.3) is 0 Å². The normalized spacial score (nSPS) is 8.86. The van der Waals surface area contributed by atoms with Gasteiger partial charge < -0.3 is 4.74 Å². The van der Waals surface area contributed by atoms with Gasteiger partial charge in [0.05, 0.1) is 31.2 Å². The van der Waals surface area contributed by atoms with Gasteiger partial charge in [-0.2, -0.15) is 10.5 Å². The molecule has 0 aliphatic heterocycles. The van der Waals surface area contributed by atoms with Gasteiger partial charge in [-0.15, -0.1) is 0 Å².